The molecule has 0 radical (unpaired) electrons. The van der Waals surface area contributed by atoms with Crippen molar-refractivity contribution >= 4 is 6.09 Å². The van der Waals surface area contributed by atoms with Crippen molar-refractivity contribution in [3.8, 4) is 11.4 Å². The van der Waals surface area contributed by atoms with Crippen molar-refractivity contribution < 1.29 is 9.53 Å². The quantitative estimate of drug-likeness (QED) is 0.709. The Morgan fingerprint density at radius 3 is 2.42 bits per heavy atom. The van der Waals surface area contributed by atoms with Gasteiger partial charge in [-0.1, -0.05) is 67.6 Å². The molecule has 0 bridgehead atoms. The molecule has 26 heavy (non-hydrogen) atoms. The molecule has 0 aliphatic carbocycles. The molecule has 1 N–H and O–H groups in total. The summed E-state index contributed by atoms with van der Waals surface area (Å²) < 4.78 is 7.26. The summed E-state index contributed by atoms with van der Waals surface area (Å²) in [6.07, 6.45) is 0.347. The third-order valence-corrected chi connectivity index (χ3v) is 3.99. The molecule has 3 aromatic rings. The van der Waals surface area contributed by atoms with Gasteiger partial charge in [-0.2, -0.15) is 0 Å². The molecule has 0 saturated heterocycles. The lowest BCUT2D eigenvalue weighted by Crippen LogP contribution is -2.28. The maximum absolute atomic E-state index is 11.9. The minimum Gasteiger partial charge on any atom is -0.445 e. The molecule has 6 nitrogen and oxygen atoms in total. The summed E-state index contributed by atoms with van der Waals surface area (Å²) in [5.41, 5.74) is 1.97. The fraction of sp³-hybridized carbons (Fsp3) is 0.250. The van der Waals surface area contributed by atoms with E-state index in [4.69, 9.17) is 4.74 Å². The highest BCUT2D eigenvalue weighted by Crippen LogP contribution is 2.18. The Kier molecular flexibility index (Phi) is 5.98. The van der Waals surface area contributed by atoms with Gasteiger partial charge >= 0.3 is 6.09 Å². The van der Waals surface area contributed by atoms with Gasteiger partial charge in [0.15, 0.2) is 5.82 Å². The zero-order chi connectivity index (χ0) is 18.2. The van der Waals surface area contributed by atoms with Crippen molar-refractivity contribution in [2.24, 2.45) is 0 Å². The van der Waals surface area contributed by atoms with Crippen LogP contribution >= 0.6 is 0 Å². The zero-order valence-corrected chi connectivity index (χ0v) is 14.8. The second-order valence-electron chi connectivity index (χ2n) is 5.80. The van der Waals surface area contributed by atoms with Crippen LogP contribution in [0.25, 0.3) is 11.4 Å². The molecule has 1 aromatic heterocycles. The second-order valence-corrected chi connectivity index (χ2v) is 5.80. The largest absolute Gasteiger partial charge is 0.445 e. The van der Waals surface area contributed by atoms with Gasteiger partial charge < -0.3 is 14.6 Å². The second kappa shape index (κ2) is 8.80. The van der Waals surface area contributed by atoms with Crippen LogP contribution in [0.2, 0.25) is 0 Å². The third kappa shape index (κ3) is 4.47. The van der Waals surface area contributed by atoms with Gasteiger partial charge in [-0.05, 0) is 5.56 Å². The van der Waals surface area contributed by atoms with Crippen molar-refractivity contribution in [3.63, 3.8) is 0 Å². The number of aryl methyl sites for hydroxylation is 1. The van der Waals surface area contributed by atoms with Crippen LogP contribution in [0.15, 0.2) is 60.7 Å². The number of rotatable bonds is 7. The molecule has 0 aliphatic heterocycles. The summed E-state index contributed by atoms with van der Waals surface area (Å²) in [6, 6.07) is 19.5. The van der Waals surface area contributed by atoms with Crippen LogP contribution in [0, 0.1) is 0 Å². The van der Waals surface area contributed by atoms with Gasteiger partial charge in [0, 0.05) is 25.1 Å². The fourth-order valence-corrected chi connectivity index (χ4v) is 2.68. The molecule has 0 unspecified atom stereocenters. The van der Waals surface area contributed by atoms with Gasteiger partial charge in [0.25, 0.3) is 0 Å². The highest BCUT2D eigenvalue weighted by molar-refractivity contribution is 5.67. The molecule has 0 atom stereocenters. The Hall–Kier alpha value is -3.15. The topological polar surface area (TPSA) is 69.0 Å². The zero-order valence-electron chi connectivity index (χ0n) is 14.8. The number of nitrogens with zero attached hydrogens (tertiary/aromatic N) is 3. The van der Waals surface area contributed by atoms with E-state index in [1.54, 1.807) is 0 Å². The van der Waals surface area contributed by atoms with E-state index in [0.29, 0.717) is 13.1 Å². The average molecular weight is 350 g/mol. The van der Waals surface area contributed by atoms with E-state index in [0.717, 1.165) is 29.2 Å². The molecular formula is C20H22N4O2. The van der Waals surface area contributed by atoms with E-state index in [1.807, 2.05) is 72.2 Å². The molecule has 1 heterocycles. The van der Waals surface area contributed by atoms with E-state index in [2.05, 4.69) is 15.5 Å². The summed E-state index contributed by atoms with van der Waals surface area (Å²) in [6.45, 7) is 3.32. The summed E-state index contributed by atoms with van der Waals surface area (Å²) in [4.78, 5) is 11.9. The number of hydrogen-bond acceptors (Lipinski definition) is 4. The number of ether oxygens (including phenoxy) is 1. The third-order valence-electron chi connectivity index (χ3n) is 3.99. The normalized spacial score (nSPS) is 10.5. The van der Waals surface area contributed by atoms with Gasteiger partial charge in [0.1, 0.15) is 12.4 Å². The first-order valence-electron chi connectivity index (χ1n) is 8.70. The van der Waals surface area contributed by atoms with Crippen molar-refractivity contribution in [1.29, 1.82) is 0 Å². The van der Waals surface area contributed by atoms with Crippen molar-refractivity contribution in [3.05, 3.63) is 72.1 Å². The molecule has 0 fully saturated rings. The van der Waals surface area contributed by atoms with E-state index in [1.165, 1.54) is 0 Å². The number of alkyl carbamates (subject to hydrolysis) is 1. The molecule has 3 rings (SSSR count). The molecular weight excluding hydrogens is 328 g/mol. The summed E-state index contributed by atoms with van der Waals surface area (Å²) in [5, 5.41) is 11.3. The lowest BCUT2D eigenvalue weighted by molar-refractivity contribution is 0.139. The van der Waals surface area contributed by atoms with E-state index >= 15 is 0 Å². The SMILES string of the molecule is CCc1nnc(-c2ccccc2)n1CCNC(=O)OCc1ccccc1. The highest BCUT2D eigenvalue weighted by atomic mass is 16.5. The predicted octanol–water partition coefficient (Wildman–Crippen LogP) is 3.43. The number of carbonyl (C=O) groups is 1. The first-order valence-corrected chi connectivity index (χ1v) is 8.70. The summed E-state index contributed by atoms with van der Waals surface area (Å²) in [7, 11) is 0. The van der Waals surface area contributed by atoms with E-state index in [-0.39, 0.29) is 6.61 Å². The highest BCUT2D eigenvalue weighted by Gasteiger charge is 2.12. The van der Waals surface area contributed by atoms with Crippen LogP contribution in [0.5, 0.6) is 0 Å². The average Bonchev–Trinajstić information content (AvgIpc) is 3.11. The number of nitrogens with one attached hydrogen (secondary N) is 1. The van der Waals surface area contributed by atoms with E-state index in [9.17, 15) is 4.79 Å². The Labute approximate surface area is 152 Å². The molecule has 2 aromatic carbocycles. The Balaban J connectivity index is 1.56. The van der Waals surface area contributed by atoms with Crippen LogP contribution in [0.4, 0.5) is 4.79 Å². The Morgan fingerprint density at radius 1 is 1.04 bits per heavy atom. The number of carbonyl (C=O) groups excluding carboxylic acids is 1. The van der Waals surface area contributed by atoms with Crippen LogP contribution in [-0.2, 0) is 24.3 Å². The van der Waals surface area contributed by atoms with Crippen LogP contribution < -0.4 is 5.32 Å². The number of benzene rings is 2. The Bertz CT molecular complexity index is 832. The minimum absolute atomic E-state index is 0.259. The van der Waals surface area contributed by atoms with Crippen molar-refractivity contribution in [2.75, 3.05) is 6.54 Å². The van der Waals surface area contributed by atoms with Crippen molar-refractivity contribution in [2.45, 2.75) is 26.5 Å². The monoisotopic (exact) mass is 350 g/mol. The lowest BCUT2D eigenvalue weighted by atomic mass is 10.2. The fourth-order valence-electron chi connectivity index (χ4n) is 2.68. The predicted molar refractivity (Wildman–Crippen MR) is 99.5 cm³/mol. The van der Waals surface area contributed by atoms with Gasteiger partial charge in [-0.3, -0.25) is 0 Å². The minimum atomic E-state index is -0.429. The standard InChI is InChI=1S/C20H22N4O2/c1-2-18-22-23-19(17-11-7-4-8-12-17)24(18)14-13-21-20(25)26-15-16-9-5-3-6-10-16/h3-12H,2,13-15H2,1H3,(H,21,25). The van der Waals surface area contributed by atoms with E-state index < -0.39 is 6.09 Å². The summed E-state index contributed by atoms with van der Waals surface area (Å²) in [5.74, 6) is 1.70. The lowest BCUT2D eigenvalue weighted by Gasteiger charge is -2.11. The maximum atomic E-state index is 11.9. The first-order chi connectivity index (χ1) is 12.8. The first kappa shape index (κ1) is 17.7. The van der Waals surface area contributed by atoms with Gasteiger partial charge in [-0.25, -0.2) is 4.79 Å². The van der Waals surface area contributed by atoms with Crippen LogP contribution in [-0.4, -0.2) is 27.4 Å². The smallest absolute Gasteiger partial charge is 0.407 e. The maximum Gasteiger partial charge on any atom is 0.407 e. The molecule has 0 saturated carbocycles. The molecule has 1 amide bonds. The number of aromatic nitrogens is 3. The molecule has 6 heteroatoms. The molecule has 0 aliphatic rings. The van der Waals surface area contributed by atoms with Crippen LogP contribution in [0.1, 0.15) is 18.3 Å². The summed E-state index contributed by atoms with van der Waals surface area (Å²) >= 11 is 0. The van der Waals surface area contributed by atoms with Gasteiger partial charge in [0.05, 0.1) is 0 Å². The Morgan fingerprint density at radius 2 is 1.73 bits per heavy atom. The molecule has 134 valence electrons. The van der Waals surface area contributed by atoms with Gasteiger partial charge in [0.2, 0.25) is 0 Å². The van der Waals surface area contributed by atoms with Gasteiger partial charge in [-0.15, -0.1) is 10.2 Å². The molecule has 0 spiro atoms. The van der Waals surface area contributed by atoms with Crippen LogP contribution in [0.3, 0.4) is 0 Å². The number of amides is 1. The number of hydrogen-bond donors (Lipinski definition) is 1. The van der Waals surface area contributed by atoms with Crippen molar-refractivity contribution in [1.82, 2.24) is 20.1 Å².